The summed E-state index contributed by atoms with van der Waals surface area (Å²) < 4.78 is 0. The highest BCUT2D eigenvalue weighted by Crippen LogP contribution is 2.16. The van der Waals surface area contributed by atoms with Gasteiger partial charge < -0.3 is 10.6 Å². The van der Waals surface area contributed by atoms with Crippen LogP contribution in [0.5, 0.6) is 0 Å². The zero-order valence-electron chi connectivity index (χ0n) is 13.6. The predicted octanol–water partition coefficient (Wildman–Crippen LogP) is 1.77. The smallest absolute Gasteiger partial charge is 0.234 e. The topological polar surface area (TPSA) is 44.4 Å². The minimum atomic E-state index is 0.0509. The summed E-state index contributed by atoms with van der Waals surface area (Å²) in [5.41, 5.74) is 3.72. The quantitative estimate of drug-likeness (QED) is 0.888. The van der Waals surface area contributed by atoms with Crippen LogP contribution < -0.4 is 10.6 Å². The summed E-state index contributed by atoms with van der Waals surface area (Å²) in [7, 11) is 0. The Labute approximate surface area is 127 Å². The normalized spacial score (nSPS) is 21.0. The third kappa shape index (κ3) is 4.29. The van der Waals surface area contributed by atoms with Gasteiger partial charge in [0.2, 0.25) is 5.91 Å². The lowest BCUT2D eigenvalue weighted by Crippen LogP contribution is -2.52. The van der Waals surface area contributed by atoms with E-state index in [9.17, 15) is 4.79 Å². The van der Waals surface area contributed by atoms with E-state index in [1.54, 1.807) is 0 Å². The van der Waals surface area contributed by atoms with Gasteiger partial charge in [0.1, 0.15) is 0 Å². The highest BCUT2D eigenvalue weighted by molar-refractivity contribution is 5.78. The average Bonchev–Trinajstić information content (AvgIpc) is 2.44. The number of benzene rings is 1. The number of aryl methyl sites for hydroxylation is 2. The van der Waals surface area contributed by atoms with Crippen LogP contribution >= 0.6 is 0 Å². The molecule has 0 radical (unpaired) electrons. The molecule has 1 amide bonds. The Morgan fingerprint density at radius 2 is 2.19 bits per heavy atom. The average molecular weight is 289 g/mol. The number of carbonyl (C=O) groups excluding carboxylic acids is 1. The number of rotatable bonds is 4. The van der Waals surface area contributed by atoms with Gasteiger partial charge in [-0.05, 0) is 44.4 Å². The van der Waals surface area contributed by atoms with Crippen molar-refractivity contribution in [1.82, 2.24) is 15.5 Å². The molecule has 0 bridgehead atoms. The molecular weight excluding hydrogens is 262 g/mol. The molecule has 1 unspecified atom stereocenters. The van der Waals surface area contributed by atoms with Crippen LogP contribution in [0.25, 0.3) is 0 Å². The molecule has 1 fully saturated rings. The second-order valence-electron chi connectivity index (χ2n) is 6.16. The van der Waals surface area contributed by atoms with Crippen molar-refractivity contribution in [1.29, 1.82) is 0 Å². The van der Waals surface area contributed by atoms with Crippen molar-refractivity contribution < 1.29 is 4.79 Å². The molecule has 1 heterocycles. The fourth-order valence-electron chi connectivity index (χ4n) is 2.71. The molecule has 2 rings (SSSR count). The molecule has 0 aromatic heterocycles. The molecule has 0 saturated carbocycles. The summed E-state index contributed by atoms with van der Waals surface area (Å²) in [5.74, 6) is 0.106. The zero-order chi connectivity index (χ0) is 15.4. The Morgan fingerprint density at radius 3 is 2.86 bits per heavy atom. The fourth-order valence-corrected chi connectivity index (χ4v) is 2.71. The molecule has 1 saturated heterocycles. The first-order valence-corrected chi connectivity index (χ1v) is 7.78. The summed E-state index contributed by atoms with van der Waals surface area (Å²) in [6.45, 7) is 11.8. The van der Waals surface area contributed by atoms with E-state index in [0.29, 0.717) is 12.6 Å². The third-order valence-corrected chi connectivity index (χ3v) is 4.39. The van der Waals surface area contributed by atoms with E-state index in [2.05, 4.69) is 54.5 Å². The largest absolute Gasteiger partial charge is 0.348 e. The van der Waals surface area contributed by atoms with Gasteiger partial charge >= 0.3 is 0 Å². The Kier molecular flexibility index (Phi) is 5.37. The van der Waals surface area contributed by atoms with E-state index in [-0.39, 0.29) is 11.9 Å². The van der Waals surface area contributed by atoms with E-state index in [1.807, 2.05) is 6.92 Å². The molecule has 2 atom stereocenters. The van der Waals surface area contributed by atoms with Crippen molar-refractivity contribution in [3.63, 3.8) is 0 Å². The Hall–Kier alpha value is -1.39. The van der Waals surface area contributed by atoms with Gasteiger partial charge in [0, 0.05) is 25.7 Å². The van der Waals surface area contributed by atoms with Crippen molar-refractivity contribution in [3.05, 3.63) is 34.9 Å². The molecule has 1 aromatic rings. The number of hydrogen-bond acceptors (Lipinski definition) is 3. The number of nitrogens with zero attached hydrogens (tertiary/aromatic N) is 1. The van der Waals surface area contributed by atoms with Crippen molar-refractivity contribution in [2.75, 3.05) is 26.2 Å². The van der Waals surface area contributed by atoms with Crippen LogP contribution in [-0.2, 0) is 4.79 Å². The van der Waals surface area contributed by atoms with Crippen molar-refractivity contribution in [2.24, 2.45) is 0 Å². The van der Waals surface area contributed by atoms with E-state index in [4.69, 9.17) is 0 Å². The first kappa shape index (κ1) is 16.0. The second kappa shape index (κ2) is 7.05. The molecule has 1 aliphatic heterocycles. The zero-order valence-corrected chi connectivity index (χ0v) is 13.6. The number of nitrogens with one attached hydrogen (secondary N) is 2. The number of hydrogen-bond donors (Lipinski definition) is 2. The van der Waals surface area contributed by atoms with Crippen LogP contribution in [0.4, 0.5) is 0 Å². The van der Waals surface area contributed by atoms with Gasteiger partial charge in [0.15, 0.2) is 0 Å². The molecule has 1 aliphatic rings. The van der Waals surface area contributed by atoms with E-state index >= 15 is 0 Å². The van der Waals surface area contributed by atoms with E-state index in [0.717, 1.165) is 19.6 Å². The van der Waals surface area contributed by atoms with E-state index in [1.165, 1.54) is 16.7 Å². The summed E-state index contributed by atoms with van der Waals surface area (Å²) in [5, 5.41) is 6.45. The molecule has 116 valence electrons. The van der Waals surface area contributed by atoms with Gasteiger partial charge in [-0.3, -0.25) is 9.69 Å². The van der Waals surface area contributed by atoms with Crippen LogP contribution in [0.1, 0.15) is 36.6 Å². The lowest BCUT2D eigenvalue weighted by molar-refractivity contribution is -0.123. The Balaban J connectivity index is 1.90. The van der Waals surface area contributed by atoms with Gasteiger partial charge in [0.05, 0.1) is 12.6 Å². The van der Waals surface area contributed by atoms with Crippen LogP contribution in [0, 0.1) is 13.8 Å². The standard InChI is InChI=1S/C17H27N3O/c1-12-5-6-16(9-13(12)2)15(4)19-17(21)11-20-8-7-18-10-14(20)3/h5-6,9,14-15,18H,7-8,10-11H2,1-4H3,(H,19,21)/t14-,15?/m1/s1. The highest BCUT2D eigenvalue weighted by atomic mass is 16.2. The second-order valence-corrected chi connectivity index (χ2v) is 6.16. The fraction of sp³-hybridized carbons (Fsp3) is 0.588. The van der Waals surface area contributed by atoms with Crippen molar-refractivity contribution in [2.45, 2.75) is 39.8 Å². The molecular formula is C17H27N3O. The maximum absolute atomic E-state index is 12.2. The molecule has 4 heteroatoms. The van der Waals surface area contributed by atoms with Crippen LogP contribution in [0.15, 0.2) is 18.2 Å². The number of piperazine rings is 1. The lowest BCUT2D eigenvalue weighted by Gasteiger charge is -2.33. The Bertz CT molecular complexity index is 501. The minimum Gasteiger partial charge on any atom is -0.348 e. The van der Waals surface area contributed by atoms with Crippen LogP contribution in [0.2, 0.25) is 0 Å². The van der Waals surface area contributed by atoms with Crippen LogP contribution in [-0.4, -0.2) is 43.0 Å². The maximum atomic E-state index is 12.2. The molecule has 21 heavy (non-hydrogen) atoms. The van der Waals surface area contributed by atoms with Gasteiger partial charge in [-0.15, -0.1) is 0 Å². The van der Waals surface area contributed by atoms with Crippen molar-refractivity contribution in [3.8, 4) is 0 Å². The summed E-state index contributed by atoms with van der Waals surface area (Å²) in [6.07, 6.45) is 0. The predicted molar refractivity (Wildman–Crippen MR) is 86.4 cm³/mol. The molecule has 0 spiro atoms. The SMILES string of the molecule is Cc1ccc(C(C)NC(=O)CN2CCNC[C@H]2C)cc1C. The number of amides is 1. The first-order valence-electron chi connectivity index (χ1n) is 7.78. The Morgan fingerprint density at radius 1 is 1.43 bits per heavy atom. The first-order chi connectivity index (χ1) is 9.97. The lowest BCUT2D eigenvalue weighted by atomic mass is 10.0. The molecule has 2 N–H and O–H groups in total. The van der Waals surface area contributed by atoms with Crippen LogP contribution in [0.3, 0.4) is 0 Å². The van der Waals surface area contributed by atoms with E-state index < -0.39 is 0 Å². The maximum Gasteiger partial charge on any atom is 0.234 e. The van der Waals surface area contributed by atoms with Gasteiger partial charge in [-0.2, -0.15) is 0 Å². The molecule has 0 aliphatic carbocycles. The van der Waals surface area contributed by atoms with Gasteiger partial charge in [0.25, 0.3) is 0 Å². The summed E-state index contributed by atoms with van der Waals surface area (Å²) in [6, 6.07) is 6.84. The highest BCUT2D eigenvalue weighted by Gasteiger charge is 2.21. The molecule has 4 nitrogen and oxygen atoms in total. The monoisotopic (exact) mass is 289 g/mol. The number of carbonyl (C=O) groups is 1. The molecule has 1 aromatic carbocycles. The van der Waals surface area contributed by atoms with Crippen molar-refractivity contribution >= 4 is 5.91 Å². The third-order valence-electron chi connectivity index (χ3n) is 4.39. The van der Waals surface area contributed by atoms with Gasteiger partial charge in [-0.25, -0.2) is 0 Å². The minimum absolute atomic E-state index is 0.0509. The summed E-state index contributed by atoms with van der Waals surface area (Å²) in [4.78, 5) is 14.5. The summed E-state index contributed by atoms with van der Waals surface area (Å²) >= 11 is 0. The van der Waals surface area contributed by atoms with Gasteiger partial charge in [-0.1, -0.05) is 18.2 Å².